The third-order valence-corrected chi connectivity index (χ3v) is 8.78. The quantitative estimate of drug-likeness (QED) is 0.715. The summed E-state index contributed by atoms with van der Waals surface area (Å²) in [4.78, 5) is 26.0. The van der Waals surface area contributed by atoms with Crippen molar-refractivity contribution in [3.8, 4) is 5.75 Å². The van der Waals surface area contributed by atoms with Gasteiger partial charge in [-0.15, -0.1) is 0 Å². The number of nitrogens with zero attached hydrogens (tertiary/aromatic N) is 2. The molecule has 1 saturated carbocycles. The van der Waals surface area contributed by atoms with Crippen LogP contribution in [0.3, 0.4) is 0 Å². The van der Waals surface area contributed by atoms with Gasteiger partial charge in [-0.2, -0.15) is 4.31 Å². The Balaban J connectivity index is 1.40. The van der Waals surface area contributed by atoms with Gasteiger partial charge in [0, 0.05) is 38.7 Å². The largest absolute Gasteiger partial charge is 0.479 e. The lowest BCUT2D eigenvalue weighted by Gasteiger charge is -2.34. The Hall–Kier alpha value is -1.84. The SMILES string of the molecule is C[C@@H]1Oc2cc(S(=O)(=O)N3CCN(C(=O)CCC4CCCC4)CC3)c(Cl)cc2NC1=O. The second kappa shape index (κ2) is 8.96. The molecule has 1 atom stereocenters. The van der Waals surface area contributed by atoms with Gasteiger partial charge in [0.05, 0.1) is 10.7 Å². The number of hydrogen-bond donors (Lipinski definition) is 1. The molecule has 0 radical (unpaired) electrons. The van der Waals surface area contributed by atoms with Crippen molar-refractivity contribution in [3.63, 3.8) is 0 Å². The van der Waals surface area contributed by atoms with Crippen LogP contribution < -0.4 is 10.1 Å². The monoisotopic (exact) mass is 469 g/mol. The van der Waals surface area contributed by atoms with Crippen molar-refractivity contribution < 1.29 is 22.7 Å². The number of hydrogen-bond acceptors (Lipinski definition) is 5. The molecule has 3 aliphatic rings. The average molecular weight is 470 g/mol. The van der Waals surface area contributed by atoms with Crippen molar-refractivity contribution in [2.75, 3.05) is 31.5 Å². The summed E-state index contributed by atoms with van der Waals surface area (Å²) in [6, 6.07) is 2.76. The zero-order chi connectivity index (χ0) is 22.2. The average Bonchev–Trinajstić information content (AvgIpc) is 3.26. The topological polar surface area (TPSA) is 96.0 Å². The number of benzene rings is 1. The van der Waals surface area contributed by atoms with E-state index in [1.165, 1.54) is 42.1 Å². The molecule has 1 N–H and O–H groups in total. The third-order valence-electron chi connectivity index (χ3n) is 6.42. The van der Waals surface area contributed by atoms with Gasteiger partial charge in [-0.3, -0.25) is 9.59 Å². The van der Waals surface area contributed by atoms with Crippen LogP contribution in [0.4, 0.5) is 5.69 Å². The maximum Gasteiger partial charge on any atom is 0.265 e. The Labute approximate surface area is 187 Å². The van der Waals surface area contributed by atoms with E-state index in [0.29, 0.717) is 31.1 Å². The molecule has 4 rings (SSSR count). The molecule has 1 aliphatic carbocycles. The number of carbonyl (C=O) groups excluding carboxylic acids is 2. The molecule has 1 aromatic rings. The van der Waals surface area contributed by atoms with Crippen LogP contribution in [-0.2, 0) is 19.6 Å². The van der Waals surface area contributed by atoms with Gasteiger partial charge in [0.1, 0.15) is 10.6 Å². The smallest absolute Gasteiger partial charge is 0.265 e. The van der Waals surface area contributed by atoms with Crippen LogP contribution in [0.2, 0.25) is 5.02 Å². The van der Waals surface area contributed by atoms with Crippen LogP contribution in [-0.4, -0.2) is 61.7 Å². The summed E-state index contributed by atoms with van der Waals surface area (Å²) in [5, 5.41) is 2.68. The zero-order valence-electron chi connectivity index (χ0n) is 17.6. The predicted molar refractivity (Wildman–Crippen MR) is 117 cm³/mol. The number of halogens is 1. The highest BCUT2D eigenvalue weighted by molar-refractivity contribution is 7.89. The molecule has 2 amide bonds. The van der Waals surface area contributed by atoms with Gasteiger partial charge >= 0.3 is 0 Å². The number of carbonyl (C=O) groups is 2. The molecule has 0 aromatic heterocycles. The van der Waals surface area contributed by atoms with Crippen LogP contribution in [0, 0.1) is 5.92 Å². The molecule has 170 valence electrons. The summed E-state index contributed by atoms with van der Waals surface area (Å²) in [7, 11) is -3.86. The number of piperazine rings is 1. The first-order chi connectivity index (χ1) is 14.8. The fourth-order valence-electron chi connectivity index (χ4n) is 4.51. The number of fused-ring (bicyclic) bond motifs is 1. The standard InChI is InChI=1S/C21H28ClN3O5S/c1-14-21(27)23-17-12-16(22)19(13-18(17)30-14)31(28,29)25-10-8-24(9-11-25)20(26)7-6-15-4-2-3-5-15/h12-15H,2-11H2,1H3,(H,23,27)/t14-/m0/s1. The van der Waals surface area contributed by atoms with Crippen LogP contribution in [0.5, 0.6) is 5.75 Å². The lowest BCUT2D eigenvalue weighted by Crippen LogP contribution is -2.50. The fraction of sp³-hybridized carbons (Fsp3) is 0.619. The van der Waals surface area contributed by atoms with Gasteiger partial charge in [-0.25, -0.2) is 8.42 Å². The molecular weight excluding hydrogens is 442 g/mol. The lowest BCUT2D eigenvalue weighted by molar-refractivity contribution is -0.132. The lowest BCUT2D eigenvalue weighted by atomic mass is 10.0. The van der Waals surface area contributed by atoms with Crippen LogP contribution in [0.25, 0.3) is 0 Å². The van der Waals surface area contributed by atoms with Crippen molar-refractivity contribution in [3.05, 3.63) is 17.2 Å². The van der Waals surface area contributed by atoms with Gasteiger partial charge in [0.25, 0.3) is 5.91 Å². The summed E-state index contributed by atoms with van der Waals surface area (Å²) in [6.07, 6.45) is 5.70. The number of sulfonamides is 1. The Bertz CT molecular complexity index is 969. The maximum absolute atomic E-state index is 13.2. The molecule has 31 heavy (non-hydrogen) atoms. The Morgan fingerprint density at radius 2 is 1.87 bits per heavy atom. The van der Waals surface area contributed by atoms with Crippen molar-refractivity contribution in [1.82, 2.24) is 9.21 Å². The molecule has 10 heteroatoms. The Morgan fingerprint density at radius 3 is 2.55 bits per heavy atom. The number of nitrogens with one attached hydrogen (secondary N) is 1. The van der Waals surface area contributed by atoms with Crippen molar-refractivity contribution in [2.24, 2.45) is 5.92 Å². The first-order valence-electron chi connectivity index (χ1n) is 10.8. The minimum absolute atomic E-state index is 0.0206. The van der Waals surface area contributed by atoms with E-state index in [-0.39, 0.29) is 40.6 Å². The minimum Gasteiger partial charge on any atom is -0.479 e. The number of anilines is 1. The van der Waals surface area contributed by atoms with Crippen LogP contribution >= 0.6 is 11.6 Å². The zero-order valence-corrected chi connectivity index (χ0v) is 19.2. The Kier molecular flexibility index (Phi) is 6.46. The van der Waals surface area contributed by atoms with Gasteiger partial charge in [0.15, 0.2) is 6.10 Å². The van der Waals surface area contributed by atoms with E-state index in [2.05, 4.69) is 5.32 Å². The summed E-state index contributed by atoms with van der Waals surface area (Å²) < 4.78 is 33.3. The second-order valence-corrected chi connectivity index (χ2v) is 10.8. The summed E-state index contributed by atoms with van der Waals surface area (Å²) in [6.45, 7) is 2.77. The molecular formula is C21H28ClN3O5S. The predicted octanol–water partition coefficient (Wildman–Crippen LogP) is 2.86. The summed E-state index contributed by atoms with van der Waals surface area (Å²) in [5.74, 6) is 0.726. The van der Waals surface area contributed by atoms with E-state index >= 15 is 0 Å². The highest BCUT2D eigenvalue weighted by Gasteiger charge is 2.34. The maximum atomic E-state index is 13.2. The van der Waals surface area contributed by atoms with Crippen LogP contribution in [0.1, 0.15) is 45.4 Å². The third kappa shape index (κ3) is 4.68. The van der Waals surface area contributed by atoms with Crippen molar-refractivity contribution in [1.29, 1.82) is 0 Å². The number of amides is 2. The minimum atomic E-state index is -3.86. The fourth-order valence-corrected chi connectivity index (χ4v) is 6.45. The van der Waals surface area contributed by atoms with Gasteiger partial charge in [-0.1, -0.05) is 37.3 Å². The number of ether oxygens (including phenoxy) is 1. The molecule has 2 heterocycles. The van der Waals surface area contributed by atoms with Gasteiger partial charge < -0.3 is 15.0 Å². The first-order valence-corrected chi connectivity index (χ1v) is 12.7. The molecule has 1 aromatic carbocycles. The molecule has 0 unspecified atom stereocenters. The van der Waals surface area contributed by atoms with Crippen LogP contribution in [0.15, 0.2) is 17.0 Å². The van der Waals surface area contributed by atoms with E-state index in [0.717, 1.165) is 6.42 Å². The molecule has 2 aliphatic heterocycles. The van der Waals surface area contributed by atoms with Crippen molar-refractivity contribution >= 4 is 39.1 Å². The Morgan fingerprint density at radius 1 is 1.19 bits per heavy atom. The van der Waals surface area contributed by atoms with Crippen molar-refractivity contribution in [2.45, 2.75) is 56.4 Å². The van der Waals surface area contributed by atoms with E-state index in [1.807, 2.05) is 0 Å². The highest BCUT2D eigenvalue weighted by atomic mass is 35.5. The molecule has 8 nitrogen and oxygen atoms in total. The molecule has 1 saturated heterocycles. The molecule has 2 fully saturated rings. The van der Waals surface area contributed by atoms with E-state index in [9.17, 15) is 18.0 Å². The van der Waals surface area contributed by atoms with E-state index in [4.69, 9.17) is 16.3 Å². The molecule has 0 bridgehead atoms. The second-order valence-electron chi connectivity index (χ2n) is 8.50. The molecule has 0 spiro atoms. The number of rotatable bonds is 5. The van der Waals surface area contributed by atoms with Gasteiger partial charge in [-0.05, 0) is 25.3 Å². The van der Waals surface area contributed by atoms with E-state index in [1.54, 1.807) is 11.8 Å². The van der Waals surface area contributed by atoms with E-state index < -0.39 is 16.1 Å². The summed E-state index contributed by atoms with van der Waals surface area (Å²) in [5.41, 5.74) is 0.352. The first kappa shape index (κ1) is 22.4. The summed E-state index contributed by atoms with van der Waals surface area (Å²) >= 11 is 6.25. The van der Waals surface area contributed by atoms with Gasteiger partial charge in [0.2, 0.25) is 15.9 Å². The normalized spacial score (nSPS) is 22.7. The highest BCUT2D eigenvalue weighted by Crippen LogP contribution is 2.38.